The molecule has 0 fully saturated rings. The molecule has 100 valence electrons. The molecule has 2 rings (SSSR count). The van der Waals surface area contributed by atoms with Crippen LogP contribution in [0.25, 0.3) is 0 Å². The molecule has 1 amide bonds. The molecule has 0 unspecified atom stereocenters. The number of carbonyl (C=O) groups is 1. The molecular weight excluding hydrogens is 266 g/mol. The molecule has 0 radical (unpaired) electrons. The standard InChI is InChI=1S/C14H14ClNO3/c1-3-18-13-5-4-10(8-12(13)15)16-14(17)11-6-7-19-9(11)2/h4-8H,3H2,1-2H3,(H,16,17). The second-order valence-corrected chi connectivity index (χ2v) is 4.33. The Hall–Kier alpha value is -1.94. The van der Waals surface area contributed by atoms with Crippen LogP contribution in [0.1, 0.15) is 23.0 Å². The fourth-order valence-electron chi connectivity index (χ4n) is 1.67. The Balaban J connectivity index is 2.14. The number of amides is 1. The average molecular weight is 280 g/mol. The van der Waals surface area contributed by atoms with Gasteiger partial charge in [0.15, 0.2) is 0 Å². The predicted molar refractivity (Wildman–Crippen MR) is 74.0 cm³/mol. The van der Waals surface area contributed by atoms with Gasteiger partial charge in [0, 0.05) is 5.69 Å². The number of nitrogens with one attached hydrogen (secondary N) is 1. The van der Waals surface area contributed by atoms with Gasteiger partial charge in [0.2, 0.25) is 0 Å². The van der Waals surface area contributed by atoms with Gasteiger partial charge in [-0.15, -0.1) is 0 Å². The molecule has 4 nitrogen and oxygen atoms in total. The summed E-state index contributed by atoms with van der Waals surface area (Å²) in [5.74, 6) is 0.947. The monoisotopic (exact) mass is 279 g/mol. The summed E-state index contributed by atoms with van der Waals surface area (Å²) in [6.07, 6.45) is 1.48. The predicted octanol–water partition coefficient (Wildman–Crippen LogP) is 3.89. The van der Waals surface area contributed by atoms with Crippen LogP contribution in [0.3, 0.4) is 0 Å². The summed E-state index contributed by atoms with van der Waals surface area (Å²) in [6, 6.07) is 6.74. The molecule has 0 aliphatic rings. The van der Waals surface area contributed by atoms with Gasteiger partial charge in [-0.25, -0.2) is 0 Å². The molecule has 0 saturated carbocycles. The van der Waals surface area contributed by atoms with Crippen LogP contribution in [0.5, 0.6) is 5.75 Å². The quantitative estimate of drug-likeness (QED) is 0.924. The van der Waals surface area contributed by atoms with E-state index in [0.29, 0.717) is 34.4 Å². The van der Waals surface area contributed by atoms with Crippen LogP contribution in [0, 0.1) is 6.92 Å². The minimum Gasteiger partial charge on any atom is -0.492 e. The Morgan fingerprint density at radius 3 is 2.79 bits per heavy atom. The molecule has 0 atom stereocenters. The fourth-order valence-corrected chi connectivity index (χ4v) is 1.91. The summed E-state index contributed by atoms with van der Waals surface area (Å²) >= 11 is 6.05. The number of carbonyl (C=O) groups excluding carboxylic acids is 1. The third-order valence-electron chi connectivity index (χ3n) is 2.59. The number of aryl methyl sites for hydroxylation is 1. The van der Waals surface area contributed by atoms with Crippen molar-refractivity contribution in [1.29, 1.82) is 0 Å². The van der Waals surface area contributed by atoms with E-state index in [9.17, 15) is 4.79 Å². The lowest BCUT2D eigenvalue weighted by molar-refractivity contribution is 0.102. The zero-order valence-corrected chi connectivity index (χ0v) is 11.5. The van der Waals surface area contributed by atoms with Crippen LogP contribution in [0.15, 0.2) is 34.9 Å². The van der Waals surface area contributed by atoms with Gasteiger partial charge in [-0.2, -0.15) is 0 Å². The second-order valence-electron chi connectivity index (χ2n) is 3.92. The number of hydrogen-bond acceptors (Lipinski definition) is 3. The lowest BCUT2D eigenvalue weighted by Crippen LogP contribution is -2.12. The zero-order chi connectivity index (χ0) is 13.8. The normalized spacial score (nSPS) is 10.3. The van der Waals surface area contributed by atoms with Gasteiger partial charge >= 0.3 is 0 Å². The molecule has 1 aromatic heterocycles. The summed E-state index contributed by atoms with van der Waals surface area (Å²) < 4.78 is 10.4. The first-order valence-electron chi connectivity index (χ1n) is 5.89. The van der Waals surface area contributed by atoms with E-state index in [0.717, 1.165) is 0 Å². The van der Waals surface area contributed by atoms with Crippen molar-refractivity contribution >= 4 is 23.2 Å². The largest absolute Gasteiger partial charge is 0.492 e. The van der Waals surface area contributed by atoms with Gasteiger partial charge in [-0.3, -0.25) is 4.79 Å². The molecule has 0 spiro atoms. The lowest BCUT2D eigenvalue weighted by Gasteiger charge is -2.08. The van der Waals surface area contributed by atoms with E-state index in [1.54, 1.807) is 31.2 Å². The van der Waals surface area contributed by atoms with E-state index < -0.39 is 0 Å². The van der Waals surface area contributed by atoms with Crippen molar-refractivity contribution in [2.24, 2.45) is 0 Å². The molecule has 19 heavy (non-hydrogen) atoms. The lowest BCUT2D eigenvalue weighted by atomic mass is 10.2. The molecular formula is C14H14ClNO3. The molecule has 0 bridgehead atoms. The Morgan fingerprint density at radius 2 is 2.21 bits per heavy atom. The number of ether oxygens (including phenoxy) is 1. The number of halogens is 1. The van der Waals surface area contributed by atoms with Crippen LogP contribution < -0.4 is 10.1 Å². The minimum atomic E-state index is -0.230. The topological polar surface area (TPSA) is 51.5 Å². The number of benzene rings is 1. The van der Waals surface area contributed by atoms with E-state index in [2.05, 4.69) is 5.32 Å². The number of furan rings is 1. The molecule has 1 aromatic carbocycles. The van der Waals surface area contributed by atoms with E-state index in [1.165, 1.54) is 6.26 Å². The molecule has 0 saturated heterocycles. The highest BCUT2D eigenvalue weighted by Crippen LogP contribution is 2.28. The maximum absolute atomic E-state index is 12.0. The van der Waals surface area contributed by atoms with Crippen LogP contribution >= 0.6 is 11.6 Å². The van der Waals surface area contributed by atoms with Gasteiger partial charge in [0.05, 0.1) is 23.5 Å². The summed E-state index contributed by atoms with van der Waals surface area (Å²) in [5.41, 5.74) is 1.11. The SMILES string of the molecule is CCOc1ccc(NC(=O)c2ccoc2C)cc1Cl. The number of hydrogen-bond donors (Lipinski definition) is 1. The third kappa shape index (κ3) is 3.09. The van der Waals surface area contributed by atoms with Crippen LogP contribution in [-0.2, 0) is 0 Å². The highest BCUT2D eigenvalue weighted by molar-refractivity contribution is 6.32. The van der Waals surface area contributed by atoms with Crippen molar-refractivity contribution < 1.29 is 13.9 Å². The van der Waals surface area contributed by atoms with Gasteiger partial charge < -0.3 is 14.5 Å². The van der Waals surface area contributed by atoms with Crippen LogP contribution in [-0.4, -0.2) is 12.5 Å². The highest BCUT2D eigenvalue weighted by atomic mass is 35.5. The van der Waals surface area contributed by atoms with Gasteiger partial charge in [0.25, 0.3) is 5.91 Å². The van der Waals surface area contributed by atoms with Gasteiger partial charge in [-0.05, 0) is 38.1 Å². The van der Waals surface area contributed by atoms with Gasteiger partial charge in [-0.1, -0.05) is 11.6 Å². The first kappa shape index (κ1) is 13.5. The number of rotatable bonds is 4. The first-order valence-corrected chi connectivity index (χ1v) is 6.27. The Labute approximate surface area is 116 Å². The van der Waals surface area contributed by atoms with Crippen molar-refractivity contribution in [3.63, 3.8) is 0 Å². The van der Waals surface area contributed by atoms with Crippen molar-refractivity contribution in [2.75, 3.05) is 11.9 Å². The maximum atomic E-state index is 12.0. The summed E-state index contributed by atoms with van der Waals surface area (Å²) in [6.45, 7) is 4.16. The van der Waals surface area contributed by atoms with E-state index >= 15 is 0 Å². The minimum absolute atomic E-state index is 0.230. The number of anilines is 1. The van der Waals surface area contributed by atoms with Crippen LogP contribution in [0.2, 0.25) is 5.02 Å². The van der Waals surface area contributed by atoms with Crippen LogP contribution in [0.4, 0.5) is 5.69 Å². The highest BCUT2D eigenvalue weighted by Gasteiger charge is 2.12. The van der Waals surface area contributed by atoms with Crippen molar-refractivity contribution in [3.05, 3.63) is 46.9 Å². The molecule has 1 heterocycles. The molecule has 5 heteroatoms. The maximum Gasteiger partial charge on any atom is 0.259 e. The molecule has 1 N–H and O–H groups in total. The zero-order valence-electron chi connectivity index (χ0n) is 10.7. The Bertz CT molecular complexity index is 592. The summed E-state index contributed by atoms with van der Waals surface area (Å²) in [4.78, 5) is 12.0. The molecule has 0 aliphatic carbocycles. The molecule has 2 aromatic rings. The molecule has 0 aliphatic heterocycles. The van der Waals surface area contributed by atoms with Crippen molar-refractivity contribution in [2.45, 2.75) is 13.8 Å². The first-order chi connectivity index (χ1) is 9.11. The Kier molecular flexibility index (Phi) is 4.12. The van der Waals surface area contributed by atoms with Crippen molar-refractivity contribution in [1.82, 2.24) is 0 Å². The average Bonchev–Trinajstić information content (AvgIpc) is 2.79. The van der Waals surface area contributed by atoms with E-state index in [1.807, 2.05) is 6.92 Å². The van der Waals surface area contributed by atoms with E-state index in [-0.39, 0.29) is 5.91 Å². The summed E-state index contributed by atoms with van der Waals surface area (Å²) in [7, 11) is 0. The second kappa shape index (κ2) is 5.80. The third-order valence-corrected chi connectivity index (χ3v) is 2.89. The van der Waals surface area contributed by atoms with Gasteiger partial charge in [0.1, 0.15) is 11.5 Å². The van der Waals surface area contributed by atoms with Crippen molar-refractivity contribution in [3.8, 4) is 5.75 Å². The smallest absolute Gasteiger partial charge is 0.259 e. The Morgan fingerprint density at radius 1 is 1.42 bits per heavy atom. The fraction of sp³-hybridized carbons (Fsp3) is 0.214. The summed E-state index contributed by atoms with van der Waals surface area (Å²) in [5, 5.41) is 3.22. The van der Waals surface area contributed by atoms with E-state index in [4.69, 9.17) is 20.8 Å².